The van der Waals surface area contributed by atoms with Crippen LogP contribution in [-0.2, 0) is 20.9 Å². The van der Waals surface area contributed by atoms with Crippen molar-refractivity contribution in [2.45, 2.75) is 44.7 Å². The van der Waals surface area contributed by atoms with Crippen LogP contribution in [0, 0.1) is 5.92 Å². The topological polar surface area (TPSA) is 73.8 Å². The molecule has 1 atom stereocenters. The number of amides is 3. The third kappa shape index (κ3) is 3.82. The van der Waals surface area contributed by atoms with E-state index in [9.17, 15) is 14.4 Å². The van der Waals surface area contributed by atoms with Gasteiger partial charge in [0.2, 0.25) is 17.7 Å². The van der Waals surface area contributed by atoms with E-state index in [1.165, 1.54) is 12.8 Å². The van der Waals surface area contributed by atoms with Crippen molar-refractivity contribution in [1.29, 1.82) is 0 Å². The van der Waals surface area contributed by atoms with Gasteiger partial charge in [-0.1, -0.05) is 18.9 Å². The highest BCUT2D eigenvalue weighted by atomic mass is 16.2. The van der Waals surface area contributed by atoms with Crippen LogP contribution in [0.2, 0.25) is 0 Å². The summed E-state index contributed by atoms with van der Waals surface area (Å²) in [7, 11) is 0. The molecule has 7 heteroatoms. The molecule has 0 radical (unpaired) electrons. The summed E-state index contributed by atoms with van der Waals surface area (Å²) in [4.78, 5) is 47.3. The summed E-state index contributed by atoms with van der Waals surface area (Å²) in [5.41, 5.74) is 0.819. The van der Waals surface area contributed by atoms with Crippen LogP contribution in [0.1, 0.15) is 37.8 Å². The number of likely N-dealkylation sites (tertiary alicyclic amines) is 1. The molecule has 27 heavy (non-hydrogen) atoms. The highest BCUT2D eigenvalue weighted by Crippen LogP contribution is 2.26. The number of aromatic nitrogens is 1. The predicted octanol–water partition coefficient (Wildman–Crippen LogP) is 1.04. The van der Waals surface area contributed by atoms with Crippen molar-refractivity contribution in [1.82, 2.24) is 19.7 Å². The van der Waals surface area contributed by atoms with Gasteiger partial charge in [0.05, 0.1) is 24.7 Å². The van der Waals surface area contributed by atoms with Gasteiger partial charge in [-0.15, -0.1) is 0 Å². The highest BCUT2D eigenvalue weighted by molar-refractivity contribution is 5.92. The Morgan fingerprint density at radius 2 is 1.93 bits per heavy atom. The van der Waals surface area contributed by atoms with Crippen molar-refractivity contribution in [3.8, 4) is 0 Å². The van der Waals surface area contributed by atoms with Crippen LogP contribution >= 0.6 is 0 Å². The van der Waals surface area contributed by atoms with Crippen LogP contribution in [0.25, 0.3) is 0 Å². The molecule has 7 nitrogen and oxygen atoms in total. The van der Waals surface area contributed by atoms with Gasteiger partial charge in [-0.25, -0.2) is 0 Å². The zero-order chi connectivity index (χ0) is 18.8. The minimum atomic E-state index is -0.355. The van der Waals surface area contributed by atoms with Gasteiger partial charge in [0.15, 0.2) is 0 Å². The number of rotatable bonds is 4. The number of nitrogens with zero attached hydrogens (tertiary/aromatic N) is 4. The lowest BCUT2D eigenvalue weighted by molar-refractivity contribution is -0.149. The standard InChI is InChI=1S/C20H26N4O3/c25-18-11-15(12-23(18)13-16-5-3-4-8-21-16)20(27)22-9-10-24(19(26)14-22)17-6-1-2-7-17/h3-5,8,15,17H,1-2,6-7,9-14H2/t15-/m0/s1. The molecule has 0 N–H and O–H groups in total. The maximum absolute atomic E-state index is 12.9. The first kappa shape index (κ1) is 17.9. The van der Waals surface area contributed by atoms with E-state index in [1.54, 1.807) is 16.0 Å². The maximum atomic E-state index is 12.9. The van der Waals surface area contributed by atoms with Crippen LogP contribution < -0.4 is 0 Å². The Morgan fingerprint density at radius 1 is 1.11 bits per heavy atom. The Bertz CT molecular complexity index is 717. The largest absolute Gasteiger partial charge is 0.336 e. The fraction of sp³-hybridized carbons (Fsp3) is 0.600. The summed E-state index contributed by atoms with van der Waals surface area (Å²) in [5, 5.41) is 0. The van der Waals surface area contributed by atoms with Crippen LogP contribution in [0.15, 0.2) is 24.4 Å². The van der Waals surface area contributed by atoms with Crippen molar-refractivity contribution < 1.29 is 14.4 Å². The lowest BCUT2D eigenvalue weighted by Gasteiger charge is -2.38. The van der Waals surface area contributed by atoms with E-state index in [0.717, 1.165) is 18.5 Å². The molecule has 3 aliphatic rings. The van der Waals surface area contributed by atoms with Gasteiger partial charge in [0.1, 0.15) is 0 Å². The van der Waals surface area contributed by atoms with E-state index in [4.69, 9.17) is 0 Å². The van der Waals surface area contributed by atoms with E-state index in [2.05, 4.69) is 4.98 Å². The van der Waals surface area contributed by atoms with Crippen LogP contribution in [0.5, 0.6) is 0 Å². The Labute approximate surface area is 159 Å². The van der Waals surface area contributed by atoms with Gasteiger partial charge < -0.3 is 14.7 Å². The molecule has 1 aromatic heterocycles. The van der Waals surface area contributed by atoms with E-state index < -0.39 is 0 Å². The molecule has 2 saturated heterocycles. The van der Waals surface area contributed by atoms with Crippen molar-refractivity contribution in [2.75, 3.05) is 26.2 Å². The molecule has 0 bridgehead atoms. The molecule has 0 unspecified atom stereocenters. The van der Waals surface area contributed by atoms with Crippen LogP contribution in [0.3, 0.4) is 0 Å². The molecule has 3 heterocycles. The summed E-state index contributed by atoms with van der Waals surface area (Å²) in [6.07, 6.45) is 6.47. The Balaban J connectivity index is 1.33. The first-order valence-corrected chi connectivity index (χ1v) is 9.88. The van der Waals surface area contributed by atoms with Crippen LogP contribution in [-0.4, -0.2) is 69.6 Å². The van der Waals surface area contributed by atoms with E-state index >= 15 is 0 Å². The van der Waals surface area contributed by atoms with E-state index in [0.29, 0.717) is 32.2 Å². The second kappa shape index (κ2) is 7.66. The molecular formula is C20H26N4O3. The molecule has 0 aromatic carbocycles. The van der Waals surface area contributed by atoms with Crippen molar-refractivity contribution in [3.05, 3.63) is 30.1 Å². The minimum Gasteiger partial charge on any atom is -0.336 e. The molecule has 1 aliphatic carbocycles. The Kier molecular flexibility index (Phi) is 5.09. The van der Waals surface area contributed by atoms with Gasteiger partial charge in [-0.2, -0.15) is 0 Å². The SMILES string of the molecule is O=C1C[C@H](C(=O)N2CCN(C3CCCC3)C(=O)C2)CN1Cc1ccccn1. The normalized spacial score (nSPS) is 24.1. The zero-order valence-electron chi connectivity index (χ0n) is 15.5. The van der Waals surface area contributed by atoms with Gasteiger partial charge in [-0.3, -0.25) is 19.4 Å². The first-order valence-electron chi connectivity index (χ1n) is 9.88. The summed E-state index contributed by atoms with van der Waals surface area (Å²) < 4.78 is 0. The highest BCUT2D eigenvalue weighted by Gasteiger charge is 2.39. The number of hydrogen-bond acceptors (Lipinski definition) is 4. The Hall–Kier alpha value is -2.44. The summed E-state index contributed by atoms with van der Waals surface area (Å²) in [6, 6.07) is 5.96. The minimum absolute atomic E-state index is 0.0186. The molecule has 1 aromatic rings. The molecule has 3 fully saturated rings. The number of carbonyl (C=O) groups is 3. The monoisotopic (exact) mass is 370 g/mol. The quantitative estimate of drug-likeness (QED) is 0.794. The molecule has 3 amide bonds. The average Bonchev–Trinajstić information content (AvgIpc) is 3.32. The van der Waals surface area contributed by atoms with E-state index in [1.807, 2.05) is 23.1 Å². The summed E-state index contributed by atoms with van der Waals surface area (Å²) in [6.45, 7) is 2.18. The van der Waals surface area contributed by atoms with Crippen molar-refractivity contribution in [2.24, 2.45) is 5.92 Å². The zero-order valence-corrected chi connectivity index (χ0v) is 15.5. The first-order chi connectivity index (χ1) is 13.1. The lowest BCUT2D eigenvalue weighted by atomic mass is 10.1. The smallest absolute Gasteiger partial charge is 0.242 e. The summed E-state index contributed by atoms with van der Waals surface area (Å²) in [5.74, 6) is -0.385. The van der Waals surface area contributed by atoms with Crippen LogP contribution in [0.4, 0.5) is 0 Å². The molecule has 144 valence electrons. The second-order valence-corrected chi connectivity index (χ2v) is 7.78. The maximum Gasteiger partial charge on any atom is 0.242 e. The van der Waals surface area contributed by atoms with Gasteiger partial charge in [0.25, 0.3) is 0 Å². The number of piperazine rings is 1. The van der Waals surface area contributed by atoms with Gasteiger partial charge in [-0.05, 0) is 25.0 Å². The van der Waals surface area contributed by atoms with Crippen molar-refractivity contribution in [3.63, 3.8) is 0 Å². The number of carbonyl (C=O) groups excluding carboxylic acids is 3. The van der Waals surface area contributed by atoms with Gasteiger partial charge in [0, 0.05) is 38.3 Å². The van der Waals surface area contributed by atoms with Gasteiger partial charge >= 0.3 is 0 Å². The Morgan fingerprint density at radius 3 is 2.63 bits per heavy atom. The molecule has 2 aliphatic heterocycles. The summed E-state index contributed by atoms with van der Waals surface area (Å²) >= 11 is 0. The lowest BCUT2D eigenvalue weighted by Crippen LogP contribution is -2.56. The average molecular weight is 370 g/mol. The number of hydrogen-bond donors (Lipinski definition) is 0. The fourth-order valence-corrected chi connectivity index (χ4v) is 4.51. The predicted molar refractivity (Wildman–Crippen MR) is 98.3 cm³/mol. The third-order valence-corrected chi connectivity index (χ3v) is 5.98. The number of pyridine rings is 1. The van der Waals surface area contributed by atoms with Crippen molar-refractivity contribution >= 4 is 17.7 Å². The van der Waals surface area contributed by atoms with E-state index in [-0.39, 0.29) is 36.6 Å². The second-order valence-electron chi connectivity index (χ2n) is 7.78. The third-order valence-electron chi connectivity index (χ3n) is 5.98. The molecule has 1 saturated carbocycles. The molecular weight excluding hydrogens is 344 g/mol. The molecule has 0 spiro atoms. The molecule has 4 rings (SSSR count). The fourth-order valence-electron chi connectivity index (χ4n) is 4.51.